The van der Waals surface area contributed by atoms with Crippen LogP contribution in [0.3, 0.4) is 0 Å². The van der Waals surface area contributed by atoms with Gasteiger partial charge < -0.3 is 4.74 Å². The lowest BCUT2D eigenvalue weighted by Gasteiger charge is -2.10. The predicted octanol–water partition coefficient (Wildman–Crippen LogP) is 2.93. The molecule has 0 N–H and O–H groups in total. The van der Waals surface area contributed by atoms with Crippen molar-refractivity contribution in [2.45, 2.75) is 6.42 Å². The Kier molecular flexibility index (Phi) is 2.35. The van der Waals surface area contributed by atoms with Crippen LogP contribution in [0.2, 0.25) is 0 Å². The summed E-state index contributed by atoms with van der Waals surface area (Å²) in [6.07, 6.45) is 5.57. The van der Waals surface area contributed by atoms with Crippen molar-refractivity contribution in [3.05, 3.63) is 65.0 Å². The van der Waals surface area contributed by atoms with E-state index < -0.39 is 0 Å². The van der Waals surface area contributed by atoms with E-state index in [2.05, 4.69) is 6.07 Å². The highest BCUT2D eigenvalue weighted by Gasteiger charge is 2.25. The molecule has 3 nitrogen and oxygen atoms in total. The van der Waals surface area contributed by atoms with Gasteiger partial charge in [-0.25, -0.2) is 0 Å². The van der Waals surface area contributed by atoms with Gasteiger partial charge in [0.2, 0.25) is 0 Å². The van der Waals surface area contributed by atoms with Crippen LogP contribution in [0.25, 0.3) is 0 Å². The summed E-state index contributed by atoms with van der Waals surface area (Å²) >= 11 is 0. The molecule has 0 amide bonds. The number of fused-ring (bicyclic) bond motifs is 2. The minimum Gasteiger partial charge on any atom is -0.464 e. The van der Waals surface area contributed by atoms with Crippen LogP contribution >= 0.6 is 0 Å². The van der Waals surface area contributed by atoms with Gasteiger partial charge in [0.05, 0.1) is 17.9 Å². The van der Waals surface area contributed by atoms with E-state index in [4.69, 9.17) is 10.00 Å². The third kappa shape index (κ3) is 1.56. The number of rotatable bonds is 0. The van der Waals surface area contributed by atoms with Crippen molar-refractivity contribution in [1.29, 1.82) is 5.26 Å². The lowest BCUT2D eigenvalue weighted by molar-refractivity contribution is 0.103. The summed E-state index contributed by atoms with van der Waals surface area (Å²) in [5.41, 5.74) is 2.43. The molecular formula is C15H9NO2. The molecule has 18 heavy (non-hydrogen) atoms. The van der Waals surface area contributed by atoms with Gasteiger partial charge in [0.1, 0.15) is 5.75 Å². The van der Waals surface area contributed by atoms with Gasteiger partial charge >= 0.3 is 0 Å². The van der Waals surface area contributed by atoms with Crippen molar-refractivity contribution < 1.29 is 9.53 Å². The van der Waals surface area contributed by atoms with Gasteiger partial charge in [-0.15, -0.1) is 0 Å². The Labute approximate surface area is 104 Å². The predicted molar refractivity (Wildman–Crippen MR) is 65.9 cm³/mol. The fraction of sp³-hybridized carbons (Fsp3) is 0.0667. The Bertz CT molecular complexity index is 672. The SMILES string of the molecule is N#CC1=CCC2=COc3ccccc3C(=O)C2=C1. The zero-order chi connectivity index (χ0) is 12.5. The molecule has 1 aliphatic carbocycles. The zero-order valence-corrected chi connectivity index (χ0v) is 9.51. The van der Waals surface area contributed by atoms with Crippen molar-refractivity contribution in [3.8, 4) is 11.8 Å². The van der Waals surface area contributed by atoms with Crippen molar-refractivity contribution in [1.82, 2.24) is 0 Å². The molecule has 1 aliphatic heterocycles. The first-order chi connectivity index (χ1) is 8.79. The van der Waals surface area contributed by atoms with Crippen molar-refractivity contribution >= 4 is 5.78 Å². The van der Waals surface area contributed by atoms with Gasteiger partial charge in [-0.3, -0.25) is 4.79 Å². The number of nitrogens with zero attached hydrogens (tertiary/aromatic N) is 1. The first-order valence-corrected chi connectivity index (χ1v) is 5.61. The molecule has 0 fully saturated rings. The number of hydrogen-bond acceptors (Lipinski definition) is 3. The number of ether oxygens (including phenoxy) is 1. The maximum Gasteiger partial charge on any atom is 0.197 e. The molecule has 3 heteroatoms. The van der Waals surface area contributed by atoms with Crippen molar-refractivity contribution in [2.75, 3.05) is 0 Å². The standard InChI is InChI=1S/C15H9NO2/c16-8-10-5-6-11-9-18-14-4-2-1-3-12(14)15(17)13(11)7-10/h1-5,7,9H,6H2. The number of Topliss-reactive ketones (excluding diaryl/α,β-unsaturated/α-hetero) is 1. The number of carbonyl (C=O) groups excluding carboxylic acids is 1. The zero-order valence-electron chi connectivity index (χ0n) is 9.51. The summed E-state index contributed by atoms with van der Waals surface area (Å²) in [6.45, 7) is 0. The minimum absolute atomic E-state index is 0.0878. The number of hydrogen-bond donors (Lipinski definition) is 0. The summed E-state index contributed by atoms with van der Waals surface area (Å²) in [4.78, 5) is 12.4. The van der Waals surface area contributed by atoms with Crippen LogP contribution in [0.15, 0.2) is 59.4 Å². The van der Waals surface area contributed by atoms with Gasteiger partial charge in [0.25, 0.3) is 0 Å². The van der Waals surface area contributed by atoms with E-state index in [1.807, 2.05) is 6.07 Å². The average Bonchev–Trinajstić information content (AvgIpc) is 2.57. The molecule has 2 aliphatic rings. The van der Waals surface area contributed by atoms with Crippen LogP contribution in [-0.4, -0.2) is 5.78 Å². The number of benzene rings is 1. The molecular weight excluding hydrogens is 226 g/mol. The summed E-state index contributed by atoms with van der Waals surface area (Å²) in [5, 5.41) is 8.91. The first kappa shape index (κ1) is 10.5. The van der Waals surface area contributed by atoms with E-state index in [0.29, 0.717) is 28.9 Å². The molecule has 0 bridgehead atoms. The Hall–Kier alpha value is -2.60. The van der Waals surface area contributed by atoms with Gasteiger partial charge in [0, 0.05) is 16.7 Å². The second-order valence-corrected chi connectivity index (χ2v) is 4.12. The molecule has 0 saturated heterocycles. The van der Waals surface area contributed by atoms with Gasteiger partial charge in [-0.05, 0) is 24.6 Å². The highest BCUT2D eigenvalue weighted by atomic mass is 16.5. The summed E-state index contributed by atoms with van der Waals surface area (Å²) in [7, 11) is 0. The minimum atomic E-state index is -0.0878. The number of ketones is 1. The highest BCUT2D eigenvalue weighted by Crippen LogP contribution is 2.32. The molecule has 1 aromatic rings. The van der Waals surface area contributed by atoms with E-state index in [9.17, 15) is 4.79 Å². The molecule has 86 valence electrons. The fourth-order valence-corrected chi connectivity index (χ4v) is 2.07. The lowest BCUT2D eigenvalue weighted by Crippen LogP contribution is -2.07. The van der Waals surface area contributed by atoms with Crippen molar-refractivity contribution in [3.63, 3.8) is 0 Å². The normalized spacial score (nSPS) is 17.1. The molecule has 0 unspecified atom stereocenters. The second-order valence-electron chi connectivity index (χ2n) is 4.12. The maximum absolute atomic E-state index is 12.4. The van der Waals surface area contributed by atoms with Crippen LogP contribution in [0.5, 0.6) is 5.75 Å². The molecule has 0 aromatic heterocycles. The van der Waals surface area contributed by atoms with Gasteiger partial charge in [-0.2, -0.15) is 5.26 Å². The molecule has 3 rings (SSSR count). The fourth-order valence-electron chi connectivity index (χ4n) is 2.07. The summed E-state index contributed by atoms with van der Waals surface area (Å²) in [6, 6.07) is 9.19. The van der Waals surface area contributed by atoms with Crippen molar-refractivity contribution in [2.24, 2.45) is 0 Å². The Morgan fingerprint density at radius 1 is 1.28 bits per heavy atom. The van der Waals surface area contributed by atoms with Gasteiger partial charge in [0.15, 0.2) is 5.78 Å². The molecule has 0 radical (unpaired) electrons. The summed E-state index contributed by atoms with van der Waals surface area (Å²) in [5.74, 6) is 0.471. The molecule has 1 aromatic carbocycles. The van der Waals surface area contributed by atoms with Crippen LogP contribution in [0.1, 0.15) is 16.8 Å². The Morgan fingerprint density at radius 3 is 2.94 bits per heavy atom. The second kappa shape index (κ2) is 4.01. The third-order valence-electron chi connectivity index (χ3n) is 3.02. The van der Waals surface area contributed by atoms with Crippen LogP contribution in [-0.2, 0) is 0 Å². The molecule has 0 saturated carbocycles. The first-order valence-electron chi connectivity index (χ1n) is 5.61. The average molecular weight is 235 g/mol. The summed E-state index contributed by atoms with van der Waals surface area (Å²) < 4.78 is 5.52. The lowest BCUT2D eigenvalue weighted by atomic mass is 9.90. The highest BCUT2D eigenvalue weighted by molar-refractivity contribution is 6.14. The topological polar surface area (TPSA) is 50.1 Å². The number of allylic oxidation sites excluding steroid dienone is 5. The van der Waals surface area contributed by atoms with E-state index in [-0.39, 0.29) is 5.78 Å². The monoisotopic (exact) mass is 235 g/mol. The van der Waals surface area contributed by atoms with Crippen LogP contribution < -0.4 is 4.74 Å². The van der Waals surface area contributed by atoms with Crippen LogP contribution in [0, 0.1) is 11.3 Å². The Morgan fingerprint density at radius 2 is 2.11 bits per heavy atom. The molecule has 1 heterocycles. The molecule has 0 atom stereocenters. The van der Waals surface area contributed by atoms with E-state index >= 15 is 0 Å². The van der Waals surface area contributed by atoms with E-state index in [0.717, 1.165) is 5.57 Å². The Balaban J connectivity index is 2.16. The van der Waals surface area contributed by atoms with Gasteiger partial charge in [-0.1, -0.05) is 18.2 Å². The third-order valence-corrected chi connectivity index (χ3v) is 3.02. The number of nitriles is 1. The maximum atomic E-state index is 12.4. The number of para-hydroxylation sites is 1. The largest absolute Gasteiger partial charge is 0.464 e. The smallest absolute Gasteiger partial charge is 0.197 e. The van der Waals surface area contributed by atoms with E-state index in [1.165, 1.54) is 0 Å². The molecule has 0 spiro atoms. The van der Waals surface area contributed by atoms with E-state index in [1.54, 1.807) is 36.6 Å². The van der Waals surface area contributed by atoms with Crippen LogP contribution in [0.4, 0.5) is 0 Å². The number of carbonyl (C=O) groups is 1. The quantitative estimate of drug-likeness (QED) is 0.694.